The molecule has 1 saturated heterocycles. The number of benzene rings is 1. The minimum atomic E-state index is -4.75. The average molecular weight is 578 g/mol. The van der Waals surface area contributed by atoms with Crippen LogP contribution in [0, 0.1) is 0 Å². The van der Waals surface area contributed by atoms with Crippen molar-refractivity contribution in [2.24, 2.45) is 0 Å². The maximum Gasteiger partial charge on any atom is 0.435 e. The van der Waals surface area contributed by atoms with Crippen molar-refractivity contribution in [3.05, 3.63) is 52.5 Å². The van der Waals surface area contributed by atoms with Crippen LogP contribution in [0.4, 0.5) is 13.2 Å². The Balaban J connectivity index is 1.66. The van der Waals surface area contributed by atoms with E-state index in [4.69, 9.17) is 9.47 Å². The van der Waals surface area contributed by atoms with Gasteiger partial charge in [0.05, 0.1) is 24.5 Å². The summed E-state index contributed by atoms with van der Waals surface area (Å²) in [5.74, 6) is -0.392. The predicted molar refractivity (Wildman–Crippen MR) is 147 cm³/mol. The summed E-state index contributed by atoms with van der Waals surface area (Å²) in [7, 11) is 0. The Morgan fingerprint density at radius 2 is 1.83 bits per heavy atom. The third-order valence-electron chi connectivity index (χ3n) is 7.24. The van der Waals surface area contributed by atoms with E-state index in [9.17, 15) is 22.8 Å². The Morgan fingerprint density at radius 1 is 1.17 bits per heavy atom. The molecule has 2 aliphatic heterocycles. The van der Waals surface area contributed by atoms with Crippen molar-refractivity contribution in [2.45, 2.75) is 58.7 Å². The van der Waals surface area contributed by atoms with Gasteiger partial charge < -0.3 is 19.7 Å². The first kappa shape index (κ1) is 30.6. The van der Waals surface area contributed by atoms with Crippen molar-refractivity contribution < 1.29 is 32.2 Å². The first-order chi connectivity index (χ1) is 19.3. The number of halogens is 3. The number of fused-ring (bicyclic) bond motifs is 1. The molecule has 0 unspecified atom stereocenters. The van der Waals surface area contributed by atoms with Crippen molar-refractivity contribution in [1.82, 2.24) is 25.3 Å². The Morgan fingerprint density at radius 3 is 2.41 bits per heavy atom. The Labute approximate surface area is 238 Å². The summed E-state index contributed by atoms with van der Waals surface area (Å²) in [6.07, 6.45) is -4.52. The summed E-state index contributed by atoms with van der Waals surface area (Å²) in [5, 5.41) is 8.86. The molecule has 0 saturated carbocycles. The van der Waals surface area contributed by atoms with Gasteiger partial charge >= 0.3 is 6.18 Å². The number of aromatic amines is 1. The predicted octanol–water partition coefficient (Wildman–Crippen LogP) is 4.22. The second-order valence-electron chi connectivity index (χ2n) is 11.2. The number of carbonyl (C=O) groups is 2. The maximum atomic E-state index is 14.1. The molecule has 3 heterocycles. The summed E-state index contributed by atoms with van der Waals surface area (Å²) in [6, 6.07) is 6.38. The molecule has 12 heteroatoms. The Kier molecular flexibility index (Phi) is 9.13. The highest BCUT2D eigenvalue weighted by Gasteiger charge is 2.47. The summed E-state index contributed by atoms with van der Waals surface area (Å²) in [4.78, 5) is 31.1. The van der Waals surface area contributed by atoms with E-state index in [2.05, 4.69) is 20.4 Å². The van der Waals surface area contributed by atoms with Crippen LogP contribution in [-0.2, 0) is 21.1 Å². The van der Waals surface area contributed by atoms with E-state index in [-0.39, 0.29) is 35.8 Å². The third kappa shape index (κ3) is 6.75. The van der Waals surface area contributed by atoms with Gasteiger partial charge in [-0.3, -0.25) is 19.6 Å². The quantitative estimate of drug-likeness (QED) is 0.488. The van der Waals surface area contributed by atoms with E-state index in [1.807, 2.05) is 0 Å². The highest BCUT2D eigenvalue weighted by Crippen LogP contribution is 2.44. The largest absolute Gasteiger partial charge is 0.492 e. The minimum absolute atomic E-state index is 0.0128. The van der Waals surface area contributed by atoms with E-state index >= 15 is 0 Å². The van der Waals surface area contributed by atoms with E-state index in [0.29, 0.717) is 36.8 Å². The van der Waals surface area contributed by atoms with Gasteiger partial charge in [0.25, 0.3) is 11.8 Å². The number of carbonyl (C=O) groups excluding carboxylic acids is 2. The molecule has 2 aromatic rings. The monoisotopic (exact) mass is 577 g/mol. The lowest BCUT2D eigenvalue weighted by Crippen LogP contribution is -2.40. The molecule has 1 aromatic carbocycles. The molecule has 2 amide bonds. The standard InChI is InChI=1S/C29H38F3N5O4/c1-6-21-22(26(38)33-18(2)3)24-23(25(35-34-24)29(30,31)32)28(4,5)17-37(21)27(39)19-7-9-20(10-8-19)41-16-13-36-11-14-40-15-12-36/h7-10,18H,6,11-17H2,1-5H3,(H,33,38)(H,34,35). The highest BCUT2D eigenvalue weighted by atomic mass is 19.4. The number of rotatable bonds is 8. The molecule has 0 spiro atoms. The lowest BCUT2D eigenvalue weighted by Gasteiger charge is -2.32. The number of amides is 2. The molecule has 2 N–H and O–H groups in total. The van der Waals surface area contributed by atoms with Gasteiger partial charge in [0, 0.05) is 54.5 Å². The number of hydrogen-bond donors (Lipinski definition) is 2. The van der Waals surface area contributed by atoms with Gasteiger partial charge in [0.15, 0.2) is 5.69 Å². The first-order valence-electron chi connectivity index (χ1n) is 13.9. The Hall–Kier alpha value is -3.38. The molecular formula is C29H38F3N5O4. The first-order valence-corrected chi connectivity index (χ1v) is 13.9. The van der Waals surface area contributed by atoms with Crippen LogP contribution in [0.2, 0.25) is 0 Å². The summed E-state index contributed by atoms with van der Waals surface area (Å²) in [6.45, 7) is 12.8. The summed E-state index contributed by atoms with van der Waals surface area (Å²) >= 11 is 0. The lowest BCUT2D eigenvalue weighted by molar-refractivity contribution is -0.142. The zero-order valence-corrected chi connectivity index (χ0v) is 24.2. The SMILES string of the molecule is CCC1=C(C(=O)NC(C)C)c2[nH]nc(C(F)(F)F)c2C(C)(C)CN1C(=O)c1ccc(OCCN2CCOCC2)cc1. The number of alkyl halides is 3. The second kappa shape index (κ2) is 12.2. The van der Waals surface area contributed by atoms with Crippen LogP contribution in [0.25, 0.3) is 5.57 Å². The van der Waals surface area contributed by atoms with E-state index < -0.39 is 29.1 Å². The molecule has 41 heavy (non-hydrogen) atoms. The number of ether oxygens (including phenoxy) is 2. The topological polar surface area (TPSA) is 99.8 Å². The average Bonchev–Trinajstić information content (AvgIpc) is 3.34. The molecular weight excluding hydrogens is 539 g/mol. The fourth-order valence-electron chi connectivity index (χ4n) is 5.34. The zero-order chi connectivity index (χ0) is 29.9. The van der Waals surface area contributed by atoms with Gasteiger partial charge in [0.2, 0.25) is 0 Å². The van der Waals surface area contributed by atoms with Crippen LogP contribution in [0.3, 0.4) is 0 Å². The number of hydrogen-bond acceptors (Lipinski definition) is 6. The van der Waals surface area contributed by atoms with Crippen molar-refractivity contribution in [3.8, 4) is 5.75 Å². The van der Waals surface area contributed by atoms with Gasteiger partial charge in [-0.2, -0.15) is 18.3 Å². The molecule has 1 aromatic heterocycles. The van der Waals surface area contributed by atoms with Crippen LogP contribution < -0.4 is 10.1 Å². The molecule has 9 nitrogen and oxygen atoms in total. The van der Waals surface area contributed by atoms with Crippen molar-refractivity contribution >= 4 is 17.4 Å². The number of nitrogens with one attached hydrogen (secondary N) is 2. The van der Waals surface area contributed by atoms with Crippen molar-refractivity contribution in [3.63, 3.8) is 0 Å². The molecule has 0 atom stereocenters. The third-order valence-corrected chi connectivity index (χ3v) is 7.24. The smallest absolute Gasteiger partial charge is 0.435 e. The van der Waals surface area contributed by atoms with E-state index in [1.54, 1.807) is 58.9 Å². The van der Waals surface area contributed by atoms with Gasteiger partial charge in [-0.1, -0.05) is 20.8 Å². The normalized spacial score (nSPS) is 17.8. The van der Waals surface area contributed by atoms with Crippen LogP contribution in [0.15, 0.2) is 30.0 Å². The fraction of sp³-hybridized carbons (Fsp3) is 0.552. The van der Waals surface area contributed by atoms with Crippen molar-refractivity contribution in [1.29, 1.82) is 0 Å². The van der Waals surface area contributed by atoms with Gasteiger partial charge in [0.1, 0.15) is 12.4 Å². The molecule has 0 aliphatic carbocycles. The highest BCUT2D eigenvalue weighted by molar-refractivity contribution is 6.21. The molecule has 2 aliphatic rings. The number of allylic oxidation sites excluding steroid dienone is 1. The molecule has 1 fully saturated rings. The van der Waals surface area contributed by atoms with Crippen LogP contribution in [-0.4, -0.2) is 83.9 Å². The minimum Gasteiger partial charge on any atom is -0.492 e. The Bertz CT molecular complexity index is 1280. The van der Waals surface area contributed by atoms with Gasteiger partial charge in [-0.25, -0.2) is 0 Å². The molecule has 0 radical (unpaired) electrons. The summed E-state index contributed by atoms with van der Waals surface area (Å²) in [5.41, 5.74) is -1.79. The van der Waals surface area contributed by atoms with Crippen LogP contribution in [0.5, 0.6) is 5.75 Å². The number of H-pyrrole nitrogens is 1. The van der Waals surface area contributed by atoms with Crippen molar-refractivity contribution in [2.75, 3.05) is 46.0 Å². The number of aromatic nitrogens is 2. The fourth-order valence-corrected chi connectivity index (χ4v) is 5.34. The summed E-state index contributed by atoms with van der Waals surface area (Å²) < 4.78 is 53.4. The lowest BCUT2D eigenvalue weighted by atomic mass is 9.81. The number of morpholine rings is 1. The van der Waals surface area contributed by atoms with E-state index in [1.165, 1.54) is 4.90 Å². The van der Waals surface area contributed by atoms with Crippen LogP contribution in [0.1, 0.15) is 68.3 Å². The zero-order valence-electron chi connectivity index (χ0n) is 24.2. The molecule has 224 valence electrons. The van der Waals surface area contributed by atoms with Gasteiger partial charge in [-0.05, 0) is 44.5 Å². The second-order valence-corrected chi connectivity index (χ2v) is 11.2. The van der Waals surface area contributed by atoms with Gasteiger partial charge in [-0.15, -0.1) is 0 Å². The van der Waals surface area contributed by atoms with E-state index in [0.717, 1.165) is 19.6 Å². The molecule has 4 rings (SSSR count). The van der Waals surface area contributed by atoms with Crippen LogP contribution >= 0.6 is 0 Å². The maximum absolute atomic E-state index is 14.1. The molecule has 0 bridgehead atoms. The number of nitrogens with zero attached hydrogens (tertiary/aromatic N) is 3.